The summed E-state index contributed by atoms with van der Waals surface area (Å²) >= 11 is 9.67. The van der Waals surface area contributed by atoms with Gasteiger partial charge in [0.25, 0.3) is 0 Å². The van der Waals surface area contributed by atoms with Crippen molar-refractivity contribution < 1.29 is 0 Å². The van der Waals surface area contributed by atoms with Crippen molar-refractivity contribution in [1.29, 1.82) is 0 Å². The molecule has 96 valence electrons. The van der Waals surface area contributed by atoms with Crippen molar-refractivity contribution in [1.82, 2.24) is 9.55 Å². The zero-order chi connectivity index (χ0) is 13.3. The predicted octanol–water partition coefficient (Wildman–Crippen LogP) is 4.93. The van der Waals surface area contributed by atoms with Crippen molar-refractivity contribution in [2.24, 2.45) is 0 Å². The summed E-state index contributed by atoms with van der Waals surface area (Å²) in [6, 6.07) is 4.25. The molecule has 0 radical (unpaired) electrons. The molecule has 0 bridgehead atoms. The van der Waals surface area contributed by atoms with Crippen LogP contribution in [0.1, 0.15) is 25.5 Å². The van der Waals surface area contributed by atoms with Crippen LogP contribution in [0.3, 0.4) is 0 Å². The highest BCUT2D eigenvalue weighted by molar-refractivity contribution is 9.10. The first kappa shape index (κ1) is 13.4. The van der Waals surface area contributed by atoms with Crippen LogP contribution in [0, 0.1) is 6.92 Å². The number of hydrogen-bond acceptors (Lipinski definition) is 2. The van der Waals surface area contributed by atoms with Gasteiger partial charge in [0.1, 0.15) is 0 Å². The lowest BCUT2D eigenvalue weighted by atomic mass is 10.2. The molecular weight excluding hydrogens is 314 g/mol. The molecule has 0 atom stereocenters. The van der Waals surface area contributed by atoms with Gasteiger partial charge in [-0.25, -0.2) is 4.98 Å². The van der Waals surface area contributed by atoms with Crippen LogP contribution in [0.4, 0.5) is 11.6 Å². The van der Waals surface area contributed by atoms with E-state index in [4.69, 9.17) is 11.6 Å². The molecule has 0 saturated carbocycles. The van der Waals surface area contributed by atoms with E-state index in [1.54, 1.807) is 6.20 Å². The third-order valence-electron chi connectivity index (χ3n) is 2.72. The van der Waals surface area contributed by atoms with Gasteiger partial charge in [-0.1, -0.05) is 11.6 Å². The molecular formula is C13H15BrClN3. The molecule has 1 aromatic heterocycles. The summed E-state index contributed by atoms with van der Waals surface area (Å²) < 4.78 is 3.04. The van der Waals surface area contributed by atoms with E-state index in [-0.39, 0.29) is 0 Å². The minimum atomic E-state index is 0.356. The van der Waals surface area contributed by atoms with Gasteiger partial charge in [0.05, 0.1) is 5.69 Å². The summed E-state index contributed by atoms with van der Waals surface area (Å²) in [5, 5.41) is 4.03. The zero-order valence-corrected chi connectivity index (χ0v) is 12.9. The molecule has 0 aliphatic heterocycles. The van der Waals surface area contributed by atoms with Crippen molar-refractivity contribution in [2.45, 2.75) is 26.8 Å². The lowest BCUT2D eigenvalue weighted by molar-refractivity contribution is 0.608. The highest BCUT2D eigenvalue weighted by Crippen LogP contribution is 2.31. The van der Waals surface area contributed by atoms with Crippen LogP contribution in [0.25, 0.3) is 0 Å². The van der Waals surface area contributed by atoms with E-state index in [2.05, 4.69) is 44.6 Å². The first-order valence-corrected chi connectivity index (χ1v) is 6.91. The molecule has 0 aliphatic rings. The first-order chi connectivity index (χ1) is 8.49. The molecule has 0 fully saturated rings. The van der Waals surface area contributed by atoms with E-state index < -0.39 is 0 Å². The molecule has 0 amide bonds. The molecule has 3 nitrogen and oxygen atoms in total. The van der Waals surface area contributed by atoms with Crippen LogP contribution in [-0.4, -0.2) is 9.55 Å². The first-order valence-electron chi connectivity index (χ1n) is 5.74. The number of hydrogen-bond donors (Lipinski definition) is 1. The van der Waals surface area contributed by atoms with Crippen LogP contribution in [-0.2, 0) is 0 Å². The Kier molecular flexibility index (Phi) is 3.97. The van der Waals surface area contributed by atoms with Gasteiger partial charge in [-0.3, -0.25) is 0 Å². The molecule has 18 heavy (non-hydrogen) atoms. The maximum absolute atomic E-state index is 6.14. The van der Waals surface area contributed by atoms with Gasteiger partial charge >= 0.3 is 0 Å². The van der Waals surface area contributed by atoms with E-state index in [1.807, 2.05) is 25.3 Å². The molecule has 2 rings (SSSR count). The fourth-order valence-corrected chi connectivity index (χ4v) is 2.41. The van der Waals surface area contributed by atoms with E-state index in [1.165, 1.54) is 0 Å². The standard InChI is InChI=1S/C13H15BrClN3/c1-8(2)18-5-4-16-13(18)17-12-7-11(15)9(3)6-10(12)14/h4-8H,1-3H3,(H,16,17). The quantitative estimate of drug-likeness (QED) is 0.865. The lowest BCUT2D eigenvalue weighted by Gasteiger charge is -2.14. The second kappa shape index (κ2) is 5.33. The van der Waals surface area contributed by atoms with Crippen LogP contribution < -0.4 is 5.32 Å². The fourth-order valence-electron chi connectivity index (χ4n) is 1.69. The summed E-state index contributed by atoms with van der Waals surface area (Å²) in [5.74, 6) is 0.811. The van der Waals surface area contributed by atoms with E-state index >= 15 is 0 Å². The Balaban J connectivity index is 2.34. The minimum absolute atomic E-state index is 0.356. The number of nitrogens with one attached hydrogen (secondary N) is 1. The van der Waals surface area contributed by atoms with Crippen molar-refractivity contribution in [2.75, 3.05) is 5.32 Å². The second-order valence-corrected chi connectivity index (χ2v) is 5.72. The summed E-state index contributed by atoms with van der Waals surface area (Å²) in [5.41, 5.74) is 1.96. The second-order valence-electron chi connectivity index (χ2n) is 4.46. The number of anilines is 2. The molecule has 1 aromatic carbocycles. The summed E-state index contributed by atoms with van der Waals surface area (Å²) in [6.07, 6.45) is 3.74. The molecule has 0 saturated heterocycles. The summed E-state index contributed by atoms with van der Waals surface area (Å²) in [4.78, 5) is 4.31. The predicted molar refractivity (Wildman–Crippen MR) is 79.8 cm³/mol. The molecule has 0 unspecified atom stereocenters. The van der Waals surface area contributed by atoms with Crippen molar-refractivity contribution >= 4 is 39.2 Å². The average molecular weight is 329 g/mol. The number of nitrogens with zero attached hydrogens (tertiary/aromatic N) is 2. The average Bonchev–Trinajstić information content (AvgIpc) is 2.74. The number of imidazole rings is 1. The highest BCUT2D eigenvalue weighted by atomic mass is 79.9. The maximum Gasteiger partial charge on any atom is 0.207 e. The van der Waals surface area contributed by atoms with Crippen molar-refractivity contribution in [3.63, 3.8) is 0 Å². The zero-order valence-electron chi connectivity index (χ0n) is 10.5. The van der Waals surface area contributed by atoms with Gasteiger partial charge in [-0.15, -0.1) is 0 Å². The Labute approximate surface area is 120 Å². The van der Waals surface area contributed by atoms with Crippen LogP contribution in [0.5, 0.6) is 0 Å². The van der Waals surface area contributed by atoms with Gasteiger partial charge in [-0.2, -0.15) is 0 Å². The molecule has 1 heterocycles. The van der Waals surface area contributed by atoms with Gasteiger partial charge in [-0.05, 0) is 54.4 Å². The third kappa shape index (κ3) is 2.70. The molecule has 0 spiro atoms. The molecule has 0 aliphatic carbocycles. The van der Waals surface area contributed by atoms with E-state index in [9.17, 15) is 0 Å². The summed E-state index contributed by atoms with van der Waals surface area (Å²) in [7, 11) is 0. The minimum Gasteiger partial charge on any atom is -0.325 e. The number of halogens is 2. The van der Waals surface area contributed by atoms with Crippen molar-refractivity contribution in [3.05, 3.63) is 39.6 Å². The Bertz CT molecular complexity index is 563. The monoisotopic (exact) mass is 327 g/mol. The fraction of sp³-hybridized carbons (Fsp3) is 0.308. The highest BCUT2D eigenvalue weighted by Gasteiger charge is 2.09. The van der Waals surface area contributed by atoms with Gasteiger partial charge in [0.15, 0.2) is 0 Å². The number of aromatic nitrogens is 2. The van der Waals surface area contributed by atoms with Crippen LogP contribution in [0.15, 0.2) is 29.0 Å². The largest absolute Gasteiger partial charge is 0.325 e. The molecule has 1 N–H and O–H groups in total. The van der Waals surface area contributed by atoms with E-state index in [0.29, 0.717) is 6.04 Å². The van der Waals surface area contributed by atoms with Gasteiger partial charge < -0.3 is 9.88 Å². The Morgan fingerprint density at radius 3 is 2.78 bits per heavy atom. The van der Waals surface area contributed by atoms with Crippen LogP contribution >= 0.6 is 27.5 Å². The Morgan fingerprint density at radius 2 is 2.11 bits per heavy atom. The molecule has 2 aromatic rings. The molecule has 5 heteroatoms. The number of aryl methyl sites for hydroxylation is 1. The normalized spacial score (nSPS) is 11.0. The summed E-state index contributed by atoms with van der Waals surface area (Å²) in [6.45, 7) is 6.21. The third-order valence-corrected chi connectivity index (χ3v) is 3.78. The SMILES string of the molecule is Cc1cc(Br)c(Nc2nccn2C(C)C)cc1Cl. The number of rotatable bonds is 3. The number of benzene rings is 1. The van der Waals surface area contributed by atoms with Gasteiger partial charge in [0, 0.05) is 27.9 Å². The van der Waals surface area contributed by atoms with Gasteiger partial charge in [0.2, 0.25) is 5.95 Å². The topological polar surface area (TPSA) is 29.9 Å². The smallest absolute Gasteiger partial charge is 0.207 e. The Hall–Kier alpha value is -1.00. The van der Waals surface area contributed by atoms with Crippen molar-refractivity contribution in [3.8, 4) is 0 Å². The Morgan fingerprint density at radius 1 is 1.39 bits per heavy atom. The van der Waals surface area contributed by atoms with E-state index in [0.717, 1.165) is 26.7 Å². The maximum atomic E-state index is 6.14. The lowest BCUT2D eigenvalue weighted by Crippen LogP contribution is -2.05. The van der Waals surface area contributed by atoms with Crippen LogP contribution in [0.2, 0.25) is 5.02 Å².